The van der Waals surface area contributed by atoms with Crippen molar-refractivity contribution in [2.75, 3.05) is 0 Å². The summed E-state index contributed by atoms with van der Waals surface area (Å²) in [7, 11) is 0. The van der Waals surface area contributed by atoms with Crippen molar-refractivity contribution in [3.63, 3.8) is 0 Å². The molecule has 51 heavy (non-hydrogen) atoms. The molecule has 5 rings (SSSR count). The summed E-state index contributed by atoms with van der Waals surface area (Å²) in [5.41, 5.74) is 14.5. The largest absolute Gasteiger partial charge is 0.257 e. The third-order valence-corrected chi connectivity index (χ3v) is 11.1. The molecule has 0 saturated carbocycles. The van der Waals surface area contributed by atoms with Crippen LogP contribution in [0.2, 0.25) is 0 Å². The number of fused-ring (bicyclic) bond motifs is 3. The van der Waals surface area contributed by atoms with Crippen LogP contribution in [0.25, 0.3) is 33.6 Å². The molecule has 4 aromatic rings. The minimum absolute atomic E-state index is 0.143. The second kappa shape index (κ2) is 19.4. The topological polar surface area (TPSA) is 51.6 Å². The predicted molar refractivity (Wildman–Crippen MR) is 217 cm³/mol. The molecule has 0 atom stereocenters. The summed E-state index contributed by atoms with van der Waals surface area (Å²) in [5, 5.41) is 0. The molecule has 4 heteroatoms. The highest BCUT2D eigenvalue weighted by Crippen LogP contribution is 2.50. The summed E-state index contributed by atoms with van der Waals surface area (Å²) in [4.78, 5) is 20.8. The van der Waals surface area contributed by atoms with Crippen molar-refractivity contribution in [3.8, 4) is 33.6 Å². The lowest BCUT2D eigenvalue weighted by Crippen LogP contribution is -2.15. The van der Waals surface area contributed by atoms with Gasteiger partial charge in [-0.25, -0.2) is 9.97 Å². The number of rotatable bonds is 22. The van der Waals surface area contributed by atoms with Crippen LogP contribution < -0.4 is 0 Å². The molecule has 0 fully saturated rings. The van der Waals surface area contributed by atoms with Crippen molar-refractivity contribution in [2.45, 2.75) is 175 Å². The van der Waals surface area contributed by atoms with E-state index >= 15 is 0 Å². The van der Waals surface area contributed by atoms with E-state index in [1.165, 1.54) is 136 Å². The fourth-order valence-corrected chi connectivity index (χ4v) is 7.91. The molecule has 0 aliphatic heterocycles. The molecule has 0 N–H and O–H groups in total. The van der Waals surface area contributed by atoms with Crippen LogP contribution in [0, 0.1) is 0 Å². The van der Waals surface area contributed by atoms with E-state index in [0.29, 0.717) is 0 Å². The Kier molecular flexibility index (Phi) is 14.8. The Morgan fingerprint density at radius 3 is 1.20 bits per heavy atom. The third-order valence-electron chi connectivity index (χ3n) is 11.1. The molecule has 0 bridgehead atoms. The quantitative estimate of drug-likeness (QED) is 0.0772. The summed E-state index contributed by atoms with van der Waals surface area (Å²) in [6, 6.07) is 14.2. The maximum absolute atomic E-state index is 5.32. The minimum Gasteiger partial charge on any atom is -0.257 e. The van der Waals surface area contributed by atoms with Gasteiger partial charge in [-0.2, -0.15) is 0 Å². The van der Waals surface area contributed by atoms with Gasteiger partial charge in [0.05, 0.1) is 34.2 Å². The van der Waals surface area contributed by atoms with Crippen LogP contribution in [-0.4, -0.2) is 19.9 Å². The lowest BCUT2D eigenvalue weighted by atomic mass is 9.81. The van der Waals surface area contributed by atoms with Crippen molar-refractivity contribution < 1.29 is 0 Å². The van der Waals surface area contributed by atoms with Gasteiger partial charge in [0.25, 0.3) is 0 Å². The Morgan fingerprint density at radius 1 is 0.451 bits per heavy atom. The first-order chi connectivity index (χ1) is 24.9. The van der Waals surface area contributed by atoms with Crippen LogP contribution in [0.1, 0.15) is 178 Å². The summed E-state index contributed by atoms with van der Waals surface area (Å²) in [6.07, 6.45) is 27.9. The van der Waals surface area contributed by atoms with Crippen LogP contribution in [0.5, 0.6) is 0 Å². The van der Waals surface area contributed by atoms with Crippen LogP contribution in [0.3, 0.4) is 0 Å². The molecule has 0 radical (unpaired) electrons. The van der Waals surface area contributed by atoms with Gasteiger partial charge in [0.15, 0.2) is 0 Å². The summed E-state index contributed by atoms with van der Waals surface area (Å²) in [5.74, 6) is 0. The summed E-state index contributed by atoms with van der Waals surface area (Å²) < 4.78 is 0. The molecule has 0 unspecified atom stereocenters. The molecule has 4 nitrogen and oxygen atoms in total. The van der Waals surface area contributed by atoms with Crippen molar-refractivity contribution >= 4 is 0 Å². The lowest BCUT2D eigenvalue weighted by molar-refractivity contribution is 0.650. The zero-order valence-electron chi connectivity index (χ0n) is 33.0. The second-order valence-electron chi connectivity index (χ2n) is 15.7. The lowest BCUT2D eigenvalue weighted by Gasteiger charge is -2.23. The fourth-order valence-electron chi connectivity index (χ4n) is 7.91. The molecule has 0 spiro atoms. The highest BCUT2D eigenvalue weighted by atomic mass is 14.8. The molecule has 2 aromatic carbocycles. The fraction of sp³-hybridized carbons (Fsp3) is 0.574. The van der Waals surface area contributed by atoms with Gasteiger partial charge in [0.2, 0.25) is 0 Å². The van der Waals surface area contributed by atoms with Crippen molar-refractivity contribution in [3.05, 3.63) is 82.7 Å². The minimum atomic E-state index is -0.143. The van der Waals surface area contributed by atoms with Crippen molar-refractivity contribution in [1.82, 2.24) is 19.9 Å². The summed E-state index contributed by atoms with van der Waals surface area (Å²) >= 11 is 0. The standard InChI is InChI=1S/C47H66N4/c1-7-11-15-19-23-37-33-48-43(25-21-17-13-9-3)45(50-37)35-27-29-39-40-30-28-36(32-42(40)47(5,6)41(39)31-35)46-44(26-22-18-14-10-4)49-34-38(51-46)24-20-16-12-8-2/h27-34H,7-26H2,1-6H3. The highest BCUT2D eigenvalue weighted by Gasteiger charge is 2.36. The van der Waals surface area contributed by atoms with Crippen molar-refractivity contribution in [1.29, 1.82) is 0 Å². The van der Waals surface area contributed by atoms with Crippen LogP contribution in [-0.2, 0) is 31.1 Å². The first-order valence-corrected chi connectivity index (χ1v) is 20.9. The Hall–Kier alpha value is -3.40. The number of benzene rings is 2. The van der Waals surface area contributed by atoms with E-state index in [9.17, 15) is 0 Å². The van der Waals surface area contributed by atoms with E-state index in [1.807, 2.05) is 0 Å². The first kappa shape index (κ1) is 38.8. The Bertz CT molecular complexity index is 1560. The average Bonchev–Trinajstić information content (AvgIpc) is 3.37. The van der Waals surface area contributed by atoms with E-state index in [4.69, 9.17) is 19.9 Å². The van der Waals surface area contributed by atoms with E-state index in [2.05, 4.69) is 90.3 Å². The van der Waals surface area contributed by atoms with Gasteiger partial charge in [-0.05, 0) is 85.8 Å². The first-order valence-electron chi connectivity index (χ1n) is 20.9. The number of nitrogens with zero attached hydrogens (tertiary/aromatic N) is 4. The van der Waals surface area contributed by atoms with E-state index in [0.717, 1.165) is 59.8 Å². The molecule has 274 valence electrons. The summed E-state index contributed by atoms with van der Waals surface area (Å²) in [6.45, 7) is 13.9. The van der Waals surface area contributed by atoms with E-state index < -0.39 is 0 Å². The van der Waals surface area contributed by atoms with Gasteiger partial charge in [-0.1, -0.05) is 143 Å². The normalized spacial score (nSPS) is 13.1. The monoisotopic (exact) mass is 687 g/mol. The van der Waals surface area contributed by atoms with E-state index in [1.54, 1.807) is 0 Å². The molecule has 2 aromatic heterocycles. The van der Waals surface area contributed by atoms with Gasteiger partial charge in [0.1, 0.15) is 0 Å². The predicted octanol–water partition coefficient (Wildman–Crippen LogP) is 13.4. The molecular formula is C47H66N4. The Labute approximate surface area is 310 Å². The maximum Gasteiger partial charge on any atom is 0.0920 e. The molecular weight excluding hydrogens is 621 g/mol. The number of unbranched alkanes of at least 4 members (excludes halogenated alkanes) is 12. The highest BCUT2D eigenvalue weighted by molar-refractivity contribution is 5.85. The maximum atomic E-state index is 5.32. The molecule has 1 aliphatic carbocycles. The number of aromatic nitrogens is 4. The molecule has 0 amide bonds. The van der Waals surface area contributed by atoms with Gasteiger partial charge < -0.3 is 0 Å². The second-order valence-corrected chi connectivity index (χ2v) is 15.7. The third kappa shape index (κ3) is 9.93. The number of hydrogen-bond donors (Lipinski definition) is 0. The van der Waals surface area contributed by atoms with E-state index in [-0.39, 0.29) is 5.41 Å². The van der Waals surface area contributed by atoms with Gasteiger partial charge in [-0.15, -0.1) is 0 Å². The Balaban J connectivity index is 1.47. The van der Waals surface area contributed by atoms with Crippen LogP contribution in [0.4, 0.5) is 0 Å². The zero-order valence-corrected chi connectivity index (χ0v) is 33.0. The number of aryl methyl sites for hydroxylation is 4. The zero-order chi connectivity index (χ0) is 36.1. The van der Waals surface area contributed by atoms with Gasteiger partial charge in [-0.3, -0.25) is 9.97 Å². The smallest absolute Gasteiger partial charge is 0.0920 e. The Morgan fingerprint density at radius 2 is 0.824 bits per heavy atom. The van der Waals surface area contributed by atoms with Crippen molar-refractivity contribution in [2.24, 2.45) is 0 Å². The molecule has 2 heterocycles. The average molecular weight is 687 g/mol. The van der Waals surface area contributed by atoms with Gasteiger partial charge >= 0.3 is 0 Å². The SMILES string of the molecule is CCCCCCc1cnc(CCCCCC)c(-c2ccc3c(c2)C(C)(C)c2cc(-c4nc(CCCCCC)cnc4CCCCCC)ccc2-3)n1. The molecule has 1 aliphatic rings. The van der Waals surface area contributed by atoms with Crippen LogP contribution >= 0.6 is 0 Å². The van der Waals surface area contributed by atoms with Crippen LogP contribution in [0.15, 0.2) is 48.8 Å². The molecule has 0 saturated heterocycles. The van der Waals surface area contributed by atoms with Gasteiger partial charge in [0, 0.05) is 28.9 Å². The number of hydrogen-bond acceptors (Lipinski definition) is 4.